The van der Waals surface area contributed by atoms with E-state index >= 15 is 0 Å². The number of nitrogens with zero attached hydrogens (tertiary/aromatic N) is 1. The maximum atomic E-state index is 11.3. The first-order valence-corrected chi connectivity index (χ1v) is 5.09. The van der Waals surface area contributed by atoms with E-state index in [1.165, 1.54) is 0 Å². The van der Waals surface area contributed by atoms with Crippen LogP contribution in [0.2, 0.25) is 5.15 Å². The van der Waals surface area contributed by atoms with Gasteiger partial charge in [-0.1, -0.05) is 17.7 Å². The van der Waals surface area contributed by atoms with Gasteiger partial charge in [-0.25, -0.2) is 4.98 Å². The van der Waals surface area contributed by atoms with Crippen molar-refractivity contribution >= 4 is 23.3 Å². The fourth-order valence-corrected chi connectivity index (χ4v) is 1.13. The third kappa shape index (κ3) is 5.06. The van der Waals surface area contributed by atoms with Crippen molar-refractivity contribution in [2.45, 2.75) is 0 Å². The van der Waals surface area contributed by atoms with E-state index in [9.17, 15) is 4.79 Å². The SMILES string of the molecule is COCCOCC(=O)Nc1cccc(Cl)n1. The van der Waals surface area contributed by atoms with Gasteiger partial charge in [0.05, 0.1) is 13.2 Å². The molecular formula is C10H13ClN2O3. The summed E-state index contributed by atoms with van der Waals surface area (Å²) in [5, 5.41) is 2.89. The molecule has 0 bridgehead atoms. The molecule has 0 aromatic carbocycles. The molecule has 0 radical (unpaired) electrons. The zero-order valence-electron chi connectivity index (χ0n) is 8.90. The number of anilines is 1. The van der Waals surface area contributed by atoms with Crippen LogP contribution in [-0.4, -0.2) is 37.8 Å². The molecule has 0 aliphatic heterocycles. The highest BCUT2D eigenvalue weighted by Crippen LogP contribution is 2.08. The Labute approximate surface area is 98.7 Å². The highest BCUT2D eigenvalue weighted by atomic mass is 35.5. The van der Waals surface area contributed by atoms with Crippen LogP contribution in [0.15, 0.2) is 18.2 Å². The molecular weight excluding hydrogens is 232 g/mol. The number of halogens is 1. The third-order valence-corrected chi connectivity index (χ3v) is 1.86. The summed E-state index contributed by atoms with van der Waals surface area (Å²) in [7, 11) is 1.57. The van der Waals surface area contributed by atoms with Crippen LogP contribution in [0.1, 0.15) is 0 Å². The summed E-state index contributed by atoms with van der Waals surface area (Å²) in [6.07, 6.45) is 0. The topological polar surface area (TPSA) is 60.5 Å². The first-order valence-electron chi connectivity index (χ1n) is 4.71. The number of carbonyl (C=O) groups is 1. The van der Waals surface area contributed by atoms with Crippen LogP contribution in [0.5, 0.6) is 0 Å². The van der Waals surface area contributed by atoms with Crippen molar-refractivity contribution in [1.82, 2.24) is 4.98 Å². The van der Waals surface area contributed by atoms with E-state index in [4.69, 9.17) is 21.1 Å². The van der Waals surface area contributed by atoms with Gasteiger partial charge >= 0.3 is 0 Å². The van der Waals surface area contributed by atoms with Crippen molar-refractivity contribution in [2.75, 3.05) is 32.2 Å². The van der Waals surface area contributed by atoms with E-state index in [2.05, 4.69) is 10.3 Å². The molecule has 6 heteroatoms. The molecule has 0 fully saturated rings. The van der Waals surface area contributed by atoms with Crippen LogP contribution >= 0.6 is 11.6 Å². The molecule has 88 valence electrons. The van der Waals surface area contributed by atoms with Gasteiger partial charge in [0.2, 0.25) is 0 Å². The van der Waals surface area contributed by atoms with Gasteiger partial charge in [0.15, 0.2) is 0 Å². The van der Waals surface area contributed by atoms with Gasteiger partial charge < -0.3 is 14.8 Å². The Hall–Kier alpha value is -1.17. The highest BCUT2D eigenvalue weighted by molar-refractivity contribution is 6.29. The molecule has 16 heavy (non-hydrogen) atoms. The van der Waals surface area contributed by atoms with Crippen LogP contribution in [0.3, 0.4) is 0 Å². The molecule has 1 amide bonds. The molecule has 0 unspecified atom stereocenters. The number of nitrogens with one attached hydrogen (secondary N) is 1. The first-order chi connectivity index (χ1) is 7.72. The van der Waals surface area contributed by atoms with Crippen LogP contribution < -0.4 is 5.32 Å². The second kappa shape index (κ2) is 7.16. The summed E-state index contributed by atoms with van der Waals surface area (Å²) >= 11 is 5.66. The van der Waals surface area contributed by atoms with E-state index in [1.807, 2.05) is 0 Å². The predicted octanol–water partition coefficient (Wildman–Crippen LogP) is 1.34. The molecule has 0 spiro atoms. The number of aromatic nitrogens is 1. The Morgan fingerprint density at radius 3 is 3.00 bits per heavy atom. The Kier molecular flexibility index (Phi) is 5.77. The first kappa shape index (κ1) is 12.9. The van der Waals surface area contributed by atoms with E-state index in [1.54, 1.807) is 25.3 Å². The lowest BCUT2D eigenvalue weighted by atomic mass is 10.4. The smallest absolute Gasteiger partial charge is 0.251 e. The van der Waals surface area contributed by atoms with Crippen LogP contribution in [0, 0.1) is 0 Å². The van der Waals surface area contributed by atoms with Crippen molar-refractivity contribution < 1.29 is 14.3 Å². The lowest BCUT2D eigenvalue weighted by molar-refractivity contribution is -0.121. The number of pyridine rings is 1. The lowest BCUT2D eigenvalue weighted by Gasteiger charge is -2.05. The fourth-order valence-electron chi connectivity index (χ4n) is 0.964. The van der Waals surface area contributed by atoms with Gasteiger partial charge in [0, 0.05) is 7.11 Å². The molecule has 0 aliphatic carbocycles. The van der Waals surface area contributed by atoms with Crippen LogP contribution in [-0.2, 0) is 14.3 Å². The number of hydrogen-bond acceptors (Lipinski definition) is 4. The molecule has 1 aromatic rings. The molecule has 1 aromatic heterocycles. The molecule has 0 saturated heterocycles. The summed E-state index contributed by atoms with van der Waals surface area (Å²) in [5.74, 6) is 0.138. The molecule has 1 rings (SSSR count). The van der Waals surface area contributed by atoms with Gasteiger partial charge in [0.1, 0.15) is 17.6 Å². The molecule has 1 heterocycles. The van der Waals surface area contributed by atoms with Gasteiger partial charge in [0.25, 0.3) is 5.91 Å². The number of amides is 1. The highest BCUT2D eigenvalue weighted by Gasteiger charge is 2.03. The summed E-state index contributed by atoms with van der Waals surface area (Å²) in [6, 6.07) is 4.99. The number of carbonyl (C=O) groups excluding carboxylic acids is 1. The fraction of sp³-hybridized carbons (Fsp3) is 0.400. The summed E-state index contributed by atoms with van der Waals surface area (Å²) < 4.78 is 9.81. The normalized spacial score (nSPS) is 10.1. The standard InChI is InChI=1S/C10H13ClN2O3/c1-15-5-6-16-7-10(14)13-9-4-2-3-8(11)12-9/h2-4H,5-7H2,1H3,(H,12,13,14). The Bertz CT molecular complexity index is 347. The van der Waals surface area contributed by atoms with Gasteiger partial charge in [-0.3, -0.25) is 4.79 Å². The third-order valence-electron chi connectivity index (χ3n) is 1.65. The minimum absolute atomic E-state index is 0.0302. The number of hydrogen-bond donors (Lipinski definition) is 1. The minimum Gasteiger partial charge on any atom is -0.382 e. The summed E-state index contributed by atoms with van der Waals surface area (Å²) in [6.45, 7) is 0.813. The van der Waals surface area contributed by atoms with Crippen molar-refractivity contribution in [3.05, 3.63) is 23.4 Å². The zero-order valence-corrected chi connectivity index (χ0v) is 9.66. The number of methoxy groups -OCH3 is 1. The Morgan fingerprint density at radius 2 is 2.31 bits per heavy atom. The predicted molar refractivity (Wildman–Crippen MR) is 60.6 cm³/mol. The second-order valence-corrected chi connectivity index (χ2v) is 3.33. The average molecular weight is 245 g/mol. The largest absolute Gasteiger partial charge is 0.382 e. The Morgan fingerprint density at radius 1 is 1.50 bits per heavy atom. The maximum Gasteiger partial charge on any atom is 0.251 e. The summed E-state index contributed by atoms with van der Waals surface area (Å²) in [4.78, 5) is 15.2. The molecule has 0 aliphatic rings. The van der Waals surface area contributed by atoms with Crippen molar-refractivity contribution in [3.63, 3.8) is 0 Å². The van der Waals surface area contributed by atoms with E-state index in [0.29, 0.717) is 24.2 Å². The minimum atomic E-state index is -0.272. The van der Waals surface area contributed by atoms with Crippen molar-refractivity contribution in [1.29, 1.82) is 0 Å². The second-order valence-electron chi connectivity index (χ2n) is 2.94. The molecule has 5 nitrogen and oxygen atoms in total. The monoisotopic (exact) mass is 244 g/mol. The Balaban J connectivity index is 2.29. The van der Waals surface area contributed by atoms with Crippen molar-refractivity contribution in [3.8, 4) is 0 Å². The average Bonchev–Trinajstić information content (AvgIpc) is 2.24. The number of rotatable bonds is 6. The van der Waals surface area contributed by atoms with Crippen LogP contribution in [0.25, 0.3) is 0 Å². The molecule has 0 saturated carbocycles. The van der Waals surface area contributed by atoms with Gasteiger partial charge in [-0.15, -0.1) is 0 Å². The number of ether oxygens (including phenoxy) is 2. The lowest BCUT2D eigenvalue weighted by Crippen LogP contribution is -2.20. The van der Waals surface area contributed by atoms with Crippen LogP contribution in [0.4, 0.5) is 5.82 Å². The van der Waals surface area contributed by atoms with E-state index < -0.39 is 0 Å². The van der Waals surface area contributed by atoms with Gasteiger partial charge in [-0.05, 0) is 12.1 Å². The van der Waals surface area contributed by atoms with Crippen molar-refractivity contribution in [2.24, 2.45) is 0 Å². The zero-order chi connectivity index (χ0) is 11.8. The van der Waals surface area contributed by atoms with E-state index in [0.717, 1.165) is 0 Å². The molecule has 0 atom stereocenters. The quantitative estimate of drug-likeness (QED) is 0.606. The van der Waals surface area contributed by atoms with Gasteiger partial charge in [-0.2, -0.15) is 0 Å². The summed E-state index contributed by atoms with van der Waals surface area (Å²) in [5.41, 5.74) is 0. The molecule has 1 N–H and O–H groups in total. The van der Waals surface area contributed by atoms with E-state index in [-0.39, 0.29) is 12.5 Å². The maximum absolute atomic E-state index is 11.3.